The van der Waals surface area contributed by atoms with Crippen LogP contribution in [0.15, 0.2) is 36.4 Å². The number of fused-ring (bicyclic) bond motifs is 1. The van der Waals surface area contributed by atoms with Gasteiger partial charge in [-0.3, -0.25) is 4.79 Å². The van der Waals surface area contributed by atoms with Crippen molar-refractivity contribution in [2.75, 3.05) is 5.88 Å². The summed E-state index contributed by atoms with van der Waals surface area (Å²) in [6.07, 6.45) is 0.740. The number of nitrogens with one attached hydrogen (secondary N) is 1. The third-order valence-corrected chi connectivity index (χ3v) is 3.80. The van der Waals surface area contributed by atoms with Crippen LogP contribution in [0.2, 0.25) is 0 Å². The minimum atomic E-state index is -0.147. The van der Waals surface area contributed by atoms with Gasteiger partial charge in [0.2, 0.25) is 0 Å². The average Bonchev–Trinajstić information content (AvgIpc) is 2.45. The highest BCUT2D eigenvalue weighted by Gasteiger charge is 2.26. The van der Waals surface area contributed by atoms with Crippen molar-refractivity contribution in [1.82, 2.24) is 10.3 Å². The van der Waals surface area contributed by atoms with Gasteiger partial charge < -0.3 is 5.32 Å². The van der Waals surface area contributed by atoms with Gasteiger partial charge in [-0.15, -0.1) is 11.6 Å². The predicted molar refractivity (Wildman–Crippen MR) is 87.8 cm³/mol. The van der Waals surface area contributed by atoms with Crippen molar-refractivity contribution >= 4 is 28.4 Å². The Morgan fingerprint density at radius 3 is 2.62 bits per heavy atom. The smallest absolute Gasteiger partial charge is 0.270 e. The Morgan fingerprint density at radius 2 is 1.95 bits per heavy atom. The van der Waals surface area contributed by atoms with Gasteiger partial charge in [-0.25, -0.2) is 4.98 Å². The van der Waals surface area contributed by atoms with Crippen molar-refractivity contribution in [3.8, 4) is 0 Å². The van der Waals surface area contributed by atoms with Gasteiger partial charge in [0.15, 0.2) is 0 Å². The molecule has 112 valence electrons. The number of rotatable bonds is 4. The zero-order valence-electron chi connectivity index (χ0n) is 12.7. The van der Waals surface area contributed by atoms with Gasteiger partial charge in [0.05, 0.1) is 5.52 Å². The molecule has 1 unspecified atom stereocenters. The average molecular weight is 305 g/mol. The maximum absolute atomic E-state index is 12.4. The lowest BCUT2D eigenvalue weighted by Crippen LogP contribution is -2.44. The number of aromatic nitrogens is 1. The molecule has 0 saturated heterocycles. The molecule has 1 N–H and O–H groups in total. The summed E-state index contributed by atoms with van der Waals surface area (Å²) in [5, 5.41) is 4.08. The zero-order valence-corrected chi connectivity index (χ0v) is 13.4. The molecule has 0 spiro atoms. The highest BCUT2D eigenvalue weighted by Crippen LogP contribution is 2.22. The number of nitrogens with zero attached hydrogens (tertiary/aromatic N) is 1. The maximum Gasteiger partial charge on any atom is 0.270 e. The van der Waals surface area contributed by atoms with Gasteiger partial charge in [0.25, 0.3) is 5.91 Å². The number of carbonyl (C=O) groups excluding carboxylic acids is 1. The van der Waals surface area contributed by atoms with Crippen LogP contribution in [0.3, 0.4) is 0 Å². The summed E-state index contributed by atoms with van der Waals surface area (Å²) < 4.78 is 0. The normalized spacial score (nSPS) is 13.1. The van der Waals surface area contributed by atoms with Gasteiger partial charge in [-0.05, 0) is 24.0 Å². The van der Waals surface area contributed by atoms with Crippen LogP contribution in [-0.4, -0.2) is 22.8 Å². The monoisotopic (exact) mass is 304 g/mol. The molecule has 1 heterocycles. The fraction of sp³-hybridized carbons (Fsp3) is 0.412. The van der Waals surface area contributed by atoms with Gasteiger partial charge in [0.1, 0.15) is 5.69 Å². The van der Waals surface area contributed by atoms with Crippen molar-refractivity contribution in [2.45, 2.75) is 33.2 Å². The molecule has 21 heavy (non-hydrogen) atoms. The fourth-order valence-electron chi connectivity index (χ4n) is 2.26. The Balaban J connectivity index is 2.21. The van der Waals surface area contributed by atoms with E-state index in [2.05, 4.69) is 31.1 Å². The largest absolute Gasteiger partial charge is 0.347 e. The number of hydrogen-bond donors (Lipinski definition) is 1. The second-order valence-electron chi connectivity index (χ2n) is 6.26. The first-order chi connectivity index (χ1) is 9.91. The third kappa shape index (κ3) is 3.94. The number of alkyl halides is 1. The second kappa shape index (κ2) is 6.44. The summed E-state index contributed by atoms with van der Waals surface area (Å²) >= 11 is 5.84. The van der Waals surface area contributed by atoms with E-state index >= 15 is 0 Å². The van der Waals surface area contributed by atoms with Crippen molar-refractivity contribution in [3.63, 3.8) is 0 Å². The lowest BCUT2D eigenvalue weighted by molar-refractivity contribution is 0.0895. The van der Waals surface area contributed by atoms with E-state index in [1.807, 2.05) is 30.3 Å². The van der Waals surface area contributed by atoms with Crippen LogP contribution in [0.1, 0.15) is 37.7 Å². The van der Waals surface area contributed by atoms with Gasteiger partial charge in [-0.1, -0.05) is 45.0 Å². The van der Waals surface area contributed by atoms with E-state index in [4.69, 9.17) is 11.6 Å². The van der Waals surface area contributed by atoms with E-state index < -0.39 is 0 Å². The first kappa shape index (κ1) is 15.8. The molecule has 2 rings (SSSR count). The lowest BCUT2D eigenvalue weighted by Gasteiger charge is -2.31. The van der Waals surface area contributed by atoms with E-state index in [0.717, 1.165) is 17.3 Å². The van der Waals surface area contributed by atoms with Crippen LogP contribution in [0.5, 0.6) is 0 Å². The van der Waals surface area contributed by atoms with E-state index in [-0.39, 0.29) is 17.4 Å². The molecule has 0 aliphatic heterocycles. The minimum absolute atomic E-state index is 0.0239. The van der Waals surface area contributed by atoms with Crippen molar-refractivity contribution in [1.29, 1.82) is 0 Å². The number of amides is 1. The van der Waals surface area contributed by atoms with Crippen LogP contribution >= 0.6 is 11.6 Å². The van der Waals surface area contributed by atoms with E-state index in [0.29, 0.717) is 11.6 Å². The SMILES string of the molecule is CC(C)(C)C(CCCl)NC(=O)c1ccc2ccccc2n1. The Hall–Kier alpha value is -1.61. The molecule has 0 aliphatic rings. The highest BCUT2D eigenvalue weighted by molar-refractivity contribution is 6.17. The lowest BCUT2D eigenvalue weighted by atomic mass is 9.85. The molecular weight excluding hydrogens is 284 g/mol. The molecule has 0 radical (unpaired) electrons. The summed E-state index contributed by atoms with van der Waals surface area (Å²) in [7, 11) is 0. The molecule has 0 fully saturated rings. The van der Waals surface area contributed by atoms with Crippen LogP contribution in [-0.2, 0) is 0 Å². The van der Waals surface area contributed by atoms with Crippen molar-refractivity contribution in [2.24, 2.45) is 5.41 Å². The maximum atomic E-state index is 12.4. The Morgan fingerprint density at radius 1 is 1.24 bits per heavy atom. The number of hydrogen-bond acceptors (Lipinski definition) is 2. The van der Waals surface area contributed by atoms with Crippen LogP contribution in [0.25, 0.3) is 10.9 Å². The first-order valence-corrected chi connectivity index (χ1v) is 7.68. The fourth-order valence-corrected chi connectivity index (χ4v) is 2.47. The van der Waals surface area contributed by atoms with Crippen LogP contribution in [0.4, 0.5) is 0 Å². The molecule has 0 aliphatic carbocycles. The molecular formula is C17H21ClN2O. The van der Waals surface area contributed by atoms with Gasteiger partial charge in [0, 0.05) is 17.3 Å². The number of para-hydroxylation sites is 1. The van der Waals surface area contributed by atoms with Crippen LogP contribution in [0, 0.1) is 5.41 Å². The van der Waals surface area contributed by atoms with Gasteiger partial charge in [-0.2, -0.15) is 0 Å². The second-order valence-corrected chi connectivity index (χ2v) is 6.64. The highest BCUT2D eigenvalue weighted by atomic mass is 35.5. The zero-order chi connectivity index (χ0) is 15.5. The molecule has 1 aromatic carbocycles. The van der Waals surface area contributed by atoms with E-state index in [1.54, 1.807) is 6.07 Å². The molecule has 1 aromatic heterocycles. The summed E-state index contributed by atoms with van der Waals surface area (Å²) in [5.74, 6) is 0.374. The summed E-state index contributed by atoms with van der Waals surface area (Å²) in [4.78, 5) is 16.8. The number of halogens is 1. The van der Waals surface area contributed by atoms with E-state index in [9.17, 15) is 4.79 Å². The Labute approximate surface area is 130 Å². The predicted octanol–water partition coefficient (Wildman–Crippen LogP) is 4.01. The van der Waals surface area contributed by atoms with Crippen LogP contribution < -0.4 is 5.32 Å². The number of carbonyl (C=O) groups is 1. The first-order valence-electron chi connectivity index (χ1n) is 7.14. The Bertz CT molecular complexity index is 634. The number of pyridine rings is 1. The quantitative estimate of drug-likeness (QED) is 0.867. The summed E-state index contributed by atoms with van der Waals surface area (Å²) in [6, 6.07) is 11.5. The molecule has 1 atom stereocenters. The topological polar surface area (TPSA) is 42.0 Å². The van der Waals surface area contributed by atoms with Crippen molar-refractivity contribution < 1.29 is 4.79 Å². The van der Waals surface area contributed by atoms with E-state index in [1.165, 1.54) is 0 Å². The third-order valence-electron chi connectivity index (χ3n) is 3.58. The minimum Gasteiger partial charge on any atom is -0.347 e. The molecule has 3 nitrogen and oxygen atoms in total. The van der Waals surface area contributed by atoms with Gasteiger partial charge >= 0.3 is 0 Å². The summed E-state index contributed by atoms with van der Waals surface area (Å²) in [5.41, 5.74) is 1.23. The summed E-state index contributed by atoms with van der Waals surface area (Å²) in [6.45, 7) is 6.29. The molecule has 0 saturated carbocycles. The molecule has 0 bridgehead atoms. The molecule has 2 aromatic rings. The standard InChI is InChI=1S/C17H21ClN2O/c1-17(2,3)15(10-11-18)20-16(21)14-9-8-12-6-4-5-7-13(12)19-14/h4-9,15H,10-11H2,1-3H3,(H,20,21). The molecule has 4 heteroatoms. The van der Waals surface area contributed by atoms with Crippen molar-refractivity contribution in [3.05, 3.63) is 42.1 Å². The Kier molecular flexibility index (Phi) is 4.84. The number of benzene rings is 1. The molecule has 1 amide bonds.